The van der Waals surface area contributed by atoms with Crippen LogP contribution in [0.1, 0.15) is 88.8 Å². The van der Waals surface area contributed by atoms with E-state index in [1.807, 2.05) is 34.6 Å². The van der Waals surface area contributed by atoms with Gasteiger partial charge < -0.3 is 19.3 Å². The number of methoxy groups -OCH3 is 1. The van der Waals surface area contributed by atoms with E-state index in [0.29, 0.717) is 34.1 Å². The molecule has 1 aliphatic carbocycles. The molecule has 0 bridgehead atoms. The van der Waals surface area contributed by atoms with E-state index in [2.05, 4.69) is 9.71 Å². The molecule has 1 aromatic heterocycles. The van der Waals surface area contributed by atoms with Crippen molar-refractivity contribution in [3.8, 4) is 17.2 Å². The van der Waals surface area contributed by atoms with Crippen molar-refractivity contribution in [3.05, 3.63) is 46.2 Å². The van der Waals surface area contributed by atoms with E-state index in [4.69, 9.17) is 25.8 Å². The maximum Gasteiger partial charge on any atom is 0.171 e. The van der Waals surface area contributed by atoms with Gasteiger partial charge in [0, 0.05) is 17.5 Å². The Kier molecular flexibility index (Phi) is 8.39. The van der Waals surface area contributed by atoms with Gasteiger partial charge in [-0.15, -0.1) is 0 Å². The highest BCUT2D eigenvalue weighted by molar-refractivity contribution is 7.84. The number of carbonyl (C=O) groups is 1. The molecule has 2 N–H and O–H groups in total. The monoisotopic (exact) mass is 578 g/mol. The zero-order valence-corrected chi connectivity index (χ0v) is 25.3. The summed E-state index contributed by atoms with van der Waals surface area (Å²) in [4.78, 5) is 17.5. The molecule has 39 heavy (non-hydrogen) atoms. The Balaban J connectivity index is 1.56. The van der Waals surface area contributed by atoms with Crippen LogP contribution in [0.4, 0.5) is 0 Å². The second kappa shape index (κ2) is 11.0. The zero-order valence-electron chi connectivity index (χ0n) is 23.7. The number of ether oxygens (including phenoxy) is 3. The molecule has 214 valence electrons. The number of benzene rings is 1. The van der Waals surface area contributed by atoms with Gasteiger partial charge in [0.05, 0.1) is 40.2 Å². The lowest BCUT2D eigenvalue weighted by Gasteiger charge is -2.36. The molecule has 3 atom stereocenters. The van der Waals surface area contributed by atoms with Gasteiger partial charge in [0.1, 0.15) is 12.2 Å². The van der Waals surface area contributed by atoms with Crippen molar-refractivity contribution in [3.63, 3.8) is 0 Å². The predicted octanol–water partition coefficient (Wildman–Crippen LogP) is 5.45. The number of rotatable bonds is 11. The lowest BCUT2D eigenvalue weighted by Crippen LogP contribution is -2.52. The lowest BCUT2D eigenvalue weighted by atomic mass is 9.81. The van der Waals surface area contributed by atoms with Crippen molar-refractivity contribution >= 4 is 28.4 Å². The summed E-state index contributed by atoms with van der Waals surface area (Å²) in [5.41, 5.74) is -0.744. The van der Waals surface area contributed by atoms with Crippen LogP contribution in [0.15, 0.2) is 24.3 Å². The first-order valence-corrected chi connectivity index (χ1v) is 14.8. The van der Waals surface area contributed by atoms with Crippen LogP contribution in [0.3, 0.4) is 0 Å². The number of hydrogen-bond acceptors (Lipinski definition) is 7. The molecule has 1 aliphatic heterocycles. The van der Waals surface area contributed by atoms with E-state index < -0.39 is 26.9 Å². The highest BCUT2D eigenvalue weighted by Gasteiger charge is 2.48. The highest BCUT2D eigenvalue weighted by atomic mass is 35.5. The number of halogens is 1. The fourth-order valence-corrected chi connectivity index (χ4v) is 5.73. The molecule has 0 amide bonds. The van der Waals surface area contributed by atoms with E-state index in [9.17, 15) is 14.1 Å². The topological polar surface area (TPSA) is 107 Å². The standard InChI is InChI=1S/C29H39ClN2O6S/c1-17(2)29(32-39(35)27(3,4)5)16-37-25-20(29)15-24(31-26(25)30)28(6,34)13-12-21(33)18-8-11-22(23(14-18)36-7)38-19-9-10-19/h8,11,14-15,17,19,32,34H,9-10,12-13,16H2,1-7H3. The number of pyridine rings is 1. The summed E-state index contributed by atoms with van der Waals surface area (Å²) in [6.07, 6.45) is 2.45. The maximum absolute atomic E-state index is 13.1. The predicted molar refractivity (Wildman–Crippen MR) is 152 cm³/mol. The number of aromatic nitrogens is 1. The van der Waals surface area contributed by atoms with Crippen LogP contribution in [-0.4, -0.2) is 44.7 Å². The summed E-state index contributed by atoms with van der Waals surface area (Å²) in [5, 5.41) is 11.6. The third-order valence-corrected chi connectivity index (χ3v) is 9.29. The van der Waals surface area contributed by atoms with E-state index in [1.165, 1.54) is 0 Å². The molecule has 2 heterocycles. The minimum absolute atomic E-state index is 0.00950. The molecular formula is C29H39ClN2O6S. The van der Waals surface area contributed by atoms with E-state index in [-0.39, 0.29) is 42.4 Å². The molecule has 1 aromatic carbocycles. The zero-order chi connectivity index (χ0) is 28.8. The first kappa shape index (κ1) is 29.8. The van der Waals surface area contributed by atoms with Gasteiger partial charge >= 0.3 is 0 Å². The lowest BCUT2D eigenvalue weighted by molar-refractivity contribution is 0.0395. The molecule has 4 rings (SSSR count). The molecular weight excluding hydrogens is 540 g/mol. The molecule has 10 heteroatoms. The van der Waals surface area contributed by atoms with Crippen molar-refractivity contribution in [2.24, 2.45) is 5.92 Å². The van der Waals surface area contributed by atoms with Crippen molar-refractivity contribution < 1.29 is 28.3 Å². The summed E-state index contributed by atoms with van der Waals surface area (Å²) < 4.78 is 33.2. The largest absolute Gasteiger partial charge is 0.493 e. The van der Waals surface area contributed by atoms with Crippen LogP contribution in [-0.2, 0) is 22.1 Å². The maximum atomic E-state index is 13.1. The third kappa shape index (κ3) is 6.26. The van der Waals surface area contributed by atoms with Crippen molar-refractivity contribution in [1.82, 2.24) is 9.71 Å². The Labute approximate surface area is 238 Å². The fourth-order valence-electron chi connectivity index (χ4n) is 4.44. The Morgan fingerprint density at radius 3 is 2.54 bits per heavy atom. The number of ketones is 1. The molecule has 1 fully saturated rings. The smallest absolute Gasteiger partial charge is 0.171 e. The number of nitrogens with one attached hydrogen (secondary N) is 1. The number of Topliss-reactive ketones (excluding diaryl/α,β-unsaturated/α-hetero) is 1. The number of fused-ring (bicyclic) bond motifs is 1. The Morgan fingerprint density at radius 1 is 1.26 bits per heavy atom. The summed E-state index contributed by atoms with van der Waals surface area (Å²) in [5.74, 6) is 1.40. The van der Waals surface area contributed by atoms with Gasteiger partial charge in [-0.1, -0.05) is 25.4 Å². The van der Waals surface area contributed by atoms with E-state index in [0.717, 1.165) is 12.8 Å². The molecule has 0 saturated heterocycles. The number of carbonyl (C=O) groups excluding carboxylic acids is 1. The SMILES string of the molecule is COc1cc(C(=O)CCC(C)(O)c2cc3c(c(Cl)n2)OCC3(NS(=O)C(C)(C)C)C(C)C)ccc1OC1CC1. The normalized spacial score (nSPS) is 21.2. The third-order valence-electron chi connectivity index (χ3n) is 7.37. The van der Waals surface area contributed by atoms with Crippen LogP contribution < -0.4 is 18.9 Å². The van der Waals surface area contributed by atoms with Crippen LogP contribution in [0.2, 0.25) is 5.15 Å². The molecule has 2 aromatic rings. The molecule has 1 saturated carbocycles. The Hall–Kier alpha value is -2.20. The molecule has 3 unspecified atom stereocenters. The van der Waals surface area contributed by atoms with Crippen LogP contribution in [0, 0.1) is 5.92 Å². The van der Waals surface area contributed by atoms with Gasteiger partial charge in [-0.3, -0.25) is 4.79 Å². The fraction of sp³-hybridized carbons (Fsp3) is 0.586. The molecule has 0 spiro atoms. The number of hydrogen-bond donors (Lipinski definition) is 2. The minimum Gasteiger partial charge on any atom is -0.493 e. The summed E-state index contributed by atoms with van der Waals surface area (Å²) in [6, 6.07) is 6.91. The van der Waals surface area contributed by atoms with Gasteiger partial charge in [-0.05, 0) is 77.1 Å². The average Bonchev–Trinajstić information content (AvgIpc) is 3.60. The van der Waals surface area contributed by atoms with E-state index >= 15 is 0 Å². The molecule has 0 radical (unpaired) electrons. The minimum atomic E-state index is -1.46. The van der Waals surface area contributed by atoms with Gasteiger partial charge in [-0.2, -0.15) is 0 Å². The van der Waals surface area contributed by atoms with Crippen molar-refractivity contribution in [2.45, 2.75) is 89.2 Å². The van der Waals surface area contributed by atoms with Crippen LogP contribution in [0.5, 0.6) is 17.2 Å². The molecule has 2 aliphatic rings. The van der Waals surface area contributed by atoms with Gasteiger partial charge in [-0.25, -0.2) is 13.9 Å². The van der Waals surface area contributed by atoms with Gasteiger partial charge in [0.25, 0.3) is 0 Å². The quantitative estimate of drug-likeness (QED) is 0.270. The van der Waals surface area contributed by atoms with Crippen molar-refractivity contribution in [2.75, 3.05) is 13.7 Å². The van der Waals surface area contributed by atoms with E-state index in [1.54, 1.807) is 38.3 Å². The Bertz CT molecular complexity index is 1270. The van der Waals surface area contributed by atoms with Gasteiger partial charge in [0.15, 0.2) is 28.2 Å². The molecule has 8 nitrogen and oxygen atoms in total. The van der Waals surface area contributed by atoms with Gasteiger partial charge in [0.2, 0.25) is 0 Å². The summed E-state index contributed by atoms with van der Waals surface area (Å²) in [7, 11) is 0.162. The summed E-state index contributed by atoms with van der Waals surface area (Å²) >= 11 is 6.54. The summed E-state index contributed by atoms with van der Waals surface area (Å²) in [6.45, 7) is 11.6. The first-order chi connectivity index (χ1) is 18.2. The van der Waals surface area contributed by atoms with Crippen LogP contribution in [0.25, 0.3) is 0 Å². The van der Waals surface area contributed by atoms with Crippen molar-refractivity contribution in [1.29, 1.82) is 0 Å². The van der Waals surface area contributed by atoms with Crippen LogP contribution >= 0.6 is 11.6 Å². The number of aliphatic hydroxyl groups is 1. The highest BCUT2D eigenvalue weighted by Crippen LogP contribution is 2.47. The number of nitrogens with zero attached hydrogens (tertiary/aromatic N) is 1. The Morgan fingerprint density at radius 2 is 1.95 bits per heavy atom. The second-order valence-corrected chi connectivity index (χ2v) is 14.3. The second-order valence-electron chi connectivity index (χ2n) is 12.0. The first-order valence-electron chi connectivity index (χ1n) is 13.3. The average molecular weight is 579 g/mol.